The molecule has 0 spiro atoms. The second-order valence-corrected chi connectivity index (χ2v) is 8.89. The number of aryl methyl sites for hydroxylation is 1. The number of nitrogens with zero attached hydrogens (tertiary/aromatic N) is 3. The number of hydrogen-bond donors (Lipinski definition) is 1. The van der Waals surface area contributed by atoms with E-state index in [9.17, 15) is 4.79 Å². The van der Waals surface area contributed by atoms with Gasteiger partial charge >= 0.3 is 0 Å². The van der Waals surface area contributed by atoms with E-state index >= 15 is 0 Å². The number of fused-ring (bicyclic) bond motifs is 3. The zero-order chi connectivity index (χ0) is 21.9. The number of nitrogens with one attached hydrogen (secondary N) is 1. The molecular formula is C26H30N4O2. The van der Waals surface area contributed by atoms with Gasteiger partial charge in [0, 0.05) is 43.4 Å². The number of carbonyl (C=O) groups excluding carboxylic acids is 1. The summed E-state index contributed by atoms with van der Waals surface area (Å²) in [6.07, 6.45) is 2.31. The Kier molecular flexibility index (Phi) is 5.95. The van der Waals surface area contributed by atoms with Gasteiger partial charge in [-0.25, -0.2) is 0 Å². The Morgan fingerprint density at radius 1 is 1.12 bits per heavy atom. The molecule has 4 atom stereocenters. The van der Waals surface area contributed by atoms with E-state index in [4.69, 9.17) is 9.84 Å². The fourth-order valence-corrected chi connectivity index (χ4v) is 5.21. The highest BCUT2D eigenvalue weighted by Gasteiger charge is 2.41. The molecule has 6 heteroatoms. The van der Waals surface area contributed by atoms with Crippen LogP contribution in [0.4, 0.5) is 0 Å². The Morgan fingerprint density at radius 3 is 2.59 bits per heavy atom. The van der Waals surface area contributed by atoms with Crippen LogP contribution in [0.3, 0.4) is 0 Å². The minimum absolute atomic E-state index is 0.0556. The van der Waals surface area contributed by atoms with Gasteiger partial charge in [-0.15, -0.1) is 0 Å². The average molecular weight is 431 g/mol. The van der Waals surface area contributed by atoms with Gasteiger partial charge in [0.1, 0.15) is 5.75 Å². The van der Waals surface area contributed by atoms with E-state index in [1.54, 1.807) is 0 Å². The topological polar surface area (TPSA) is 59.4 Å². The second-order valence-electron chi connectivity index (χ2n) is 8.89. The van der Waals surface area contributed by atoms with Gasteiger partial charge in [0.2, 0.25) is 0 Å². The lowest BCUT2D eigenvalue weighted by Gasteiger charge is -2.49. The first kappa shape index (κ1) is 20.8. The molecule has 32 heavy (non-hydrogen) atoms. The van der Waals surface area contributed by atoms with Crippen molar-refractivity contribution in [1.29, 1.82) is 0 Å². The maximum atomic E-state index is 12.3. The standard InChI is InChI=1S/C26H30N4O2/c1-29-25(15-24(28-29)19-8-4-2-5-9-19)23-17-30-13-12-20(23)14-21(30)16-27-26(31)18-32-22-10-6-3-7-11-22/h2-11,15,20-21,23H,12-14,16-18H2,1H3,(H,27,31)/t20-,21+,23+/m0/s1. The number of aromatic nitrogens is 2. The number of ether oxygens (including phenoxy) is 1. The zero-order valence-electron chi connectivity index (χ0n) is 18.5. The van der Waals surface area contributed by atoms with Crippen LogP contribution in [-0.2, 0) is 11.8 Å². The maximum Gasteiger partial charge on any atom is 0.257 e. The van der Waals surface area contributed by atoms with E-state index in [0.717, 1.165) is 36.5 Å². The molecular weight excluding hydrogens is 400 g/mol. The van der Waals surface area contributed by atoms with Crippen molar-refractivity contribution in [3.63, 3.8) is 0 Å². The molecule has 4 heterocycles. The first-order valence-corrected chi connectivity index (χ1v) is 11.5. The number of carbonyl (C=O) groups is 1. The van der Waals surface area contributed by atoms with Crippen LogP contribution >= 0.6 is 0 Å². The number of piperidine rings is 3. The smallest absolute Gasteiger partial charge is 0.257 e. The molecule has 1 N–H and O–H groups in total. The molecule has 1 unspecified atom stereocenters. The van der Waals surface area contributed by atoms with E-state index in [1.165, 1.54) is 12.1 Å². The minimum Gasteiger partial charge on any atom is -0.484 e. The molecule has 3 aliphatic heterocycles. The van der Waals surface area contributed by atoms with Gasteiger partial charge in [0.25, 0.3) is 5.91 Å². The van der Waals surface area contributed by atoms with Crippen molar-refractivity contribution >= 4 is 5.91 Å². The van der Waals surface area contributed by atoms with E-state index in [0.29, 0.717) is 24.4 Å². The molecule has 3 aromatic rings. The molecule has 3 aliphatic rings. The normalized spacial score (nSPS) is 24.3. The third-order valence-electron chi connectivity index (χ3n) is 6.89. The van der Waals surface area contributed by atoms with Crippen molar-refractivity contribution in [2.75, 3.05) is 26.2 Å². The van der Waals surface area contributed by atoms with Gasteiger partial charge in [0.05, 0.1) is 5.69 Å². The van der Waals surface area contributed by atoms with E-state index in [1.807, 2.05) is 36.4 Å². The van der Waals surface area contributed by atoms with Crippen LogP contribution in [-0.4, -0.2) is 52.9 Å². The molecule has 0 aliphatic carbocycles. The van der Waals surface area contributed by atoms with Crippen LogP contribution in [0.25, 0.3) is 11.3 Å². The van der Waals surface area contributed by atoms with Crippen LogP contribution < -0.4 is 10.1 Å². The third-order valence-corrected chi connectivity index (χ3v) is 6.89. The number of rotatable bonds is 7. The quantitative estimate of drug-likeness (QED) is 0.624. The highest BCUT2D eigenvalue weighted by atomic mass is 16.5. The fourth-order valence-electron chi connectivity index (χ4n) is 5.21. The van der Waals surface area contributed by atoms with Crippen molar-refractivity contribution in [3.8, 4) is 17.0 Å². The third kappa shape index (κ3) is 4.41. The maximum absolute atomic E-state index is 12.3. The van der Waals surface area contributed by atoms with Gasteiger partial charge in [0.15, 0.2) is 6.61 Å². The Labute approximate surface area is 189 Å². The van der Waals surface area contributed by atoms with Crippen LogP contribution in [0.1, 0.15) is 24.5 Å². The molecule has 0 radical (unpaired) electrons. The Balaban J connectivity index is 1.17. The lowest BCUT2D eigenvalue weighted by atomic mass is 9.74. The van der Waals surface area contributed by atoms with E-state index in [-0.39, 0.29) is 12.5 Å². The second kappa shape index (κ2) is 9.17. The Bertz CT molecular complexity index is 1050. The molecule has 1 aromatic heterocycles. The first-order chi connectivity index (χ1) is 15.7. The monoisotopic (exact) mass is 430 g/mol. The lowest BCUT2D eigenvalue weighted by molar-refractivity contribution is -0.123. The molecule has 6 rings (SSSR count). The SMILES string of the molecule is Cn1nc(-c2ccccc2)cc1[C@@H]1CN2CC[C@H]1C[C@@H]2CNC(=O)COc1ccccc1. The highest BCUT2D eigenvalue weighted by Crippen LogP contribution is 2.42. The number of para-hydroxylation sites is 1. The summed E-state index contributed by atoms with van der Waals surface area (Å²) in [5, 5.41) is 7.87. The van der Waals surface area contributed by atoms with E-state index < -0.39 is 0 Å². The van der Waals surface area contributed by atoms with Crippen molar-refractivity contribution in [2.45, 2.75) is 24.8 Å². The van der Waals surface area contributed by atoms with Gasteiger partial charge < -0.3 is 10.1 Å². The molecule has 6 nitrogen and oxygen atoms in total. The van der Waals surface area contributed by atoms with Crippen molar-refractivity contribution in [1.82, 2.24) is 20.0 Å². The first-order valence-electron chi connectivity index (χ1n) is 11.5. The van der Waals surface area contributed by atoms with E-state index in [2.05, 4.69) is 52.3 Å². The van der Waals surface area contributed by atoms with Gasteiger partial charge in [-0.3, -0.25) is 14.4 Å². The lowest BCUT2D eigenvalue weighted by Crippen LogP contribution is -2.56. The summed E-state index contributed by atoms with van der Waals surface area (Å²) in [5.41, 5.74) is 3.52. The van der Waals surface area contributed by atoms with Crippen molar-refractivity contribution in [2.24, 2.45) is 13.0 Å². The van der Waals surface area contributed by atoms with Crippen molar-refractivity contribution in [3.05, 3.63) is 72.4 Å². The number of hydrogen-bond acceptors (Lipinski definition) is 4. The van der Waals surface area contributed by atoms with Gasteiger partial charge in [-0.1, -0.05) is 48.5 Å². The van der Waals surface area contributed by atoms with Gasteiger partial charge in [-0.05, 0) is 43.5 Å². The van der Waals surface area contributed by atoms with Crippen LogP contribution in [0.5, 0.6) is 5.75 Å². The molecule has 0 saturated carbocycles. The van der Waals surface area contributed by atoms with Gasteiger partial charge in [-0.2, -0.15) is 5.10 Å². The summed E-state index contributed by atoms with van der Waals surface area (Å²) in [4.78, 5) is 14.8. The largest absolute Gasteiger partial charge is 0.484 e. The van der Waals surface area contributed by atoms with Crippen LogP contribution in [0.2, 0.25) is 0 Å². The summed E-state index contributed by atoms with van der Waals surface area (Å²) in [5.74, 6) is 1.78. The summed E-state index contributed by atoms with van der Waals surface area (Å²) < 4.78 is 7.62. The molecule has 1 amide bonds. The van der Waals surface area contributed by atoms with Crippen LogP contribution in [0.15, 0.2) is 66.7 Å². The summed E-state index contributed by atoms with van der Waals surface area (Å²) in [7, 11) is 2.06. The molecule has 3 fully saturated rings. The summed E-state index contributed by atoms with van der Waals surface area (Å²) in [6, 6.07) is 22.5. The summed E-state index contributed by atoms with van der Waals surface area (Å²) >= 11 is 0. The predicted molar refractivity (Wildman–Crippen MR) is 124 cm³/mol. The molecule has 3 saturated heterocycles. The summed E-state index contributed by atoms with van der Waals surface area (Å²) in [6.45, 7) is 2.87. The average Bonchev–Trinajstić information content (AvgIpc) is 3.24. The highest BCUT2D eigenvalue weighted by molar-refractivity contribution is 5.77. The molecule has 2 aromatic carbocycles. The van der Waals surface area contributed by atoms with Crippen molar-refractivity contribution < 1.29 is 9.53 Å². The Morgan fingerprint density at radius 2 is 1.88 bits per heavy atom. The number of amides is 1. The minimum atomic E-state index is -0.0628. The molecule has 2 bridgehead atoms. The number of benzene rings is 2. The van der Waals surface area contributed by atoms with Crippen LogP contribution in [0, 0.1) is 5.92 Å². The molecule has 166 valence electrons. The predicted octanol–water partition coefficient (Wildman–Crippen LogP) is 3.46. The Hall–Kier alpha value is -3.12. The fraction of sp³-hybridized carbons (Fsp3) is 0.385. The zero-order valence-corrected chi connectivity index (χ0v) is 18.5.